The molecule has 1 aromatic rings. The van der Waals surface area contributed by atoms with Crippen LogP contribution in [0.3, 0.4) is 0 Å². The van der Waals surface area contributed by atoms with Crippen LogP contribution in [0.5, 0.6) is 0 Å². The van der Waals surface area contributed by atoms with Gasteiger partial charge in [0.05, 0.1) is 24.0 Å². The van der Waals surface area contributed by atoms with Crippen molar-refractivity contribution in [1.29, 1.82) is 0 Å². The first-order valence-corrected chi connectivity index (χ1v) is 10.8. The molecule has 4 rings (SSSR count). The van der Waals surface area contributed by atoms with E-state index in [-0.39, 0.29) is 17.2 Å². The van der Waals surface area contributed by atoms with Gasteiger partial charge in [-0.1, -0.05) is 23.3 Å². The van der Waals surface area contributed by atoms with Crippen molar-refractivity contribution < 1.29 is 28.5 Å². The van der Waals surface area contributed by atoms with E-state index in [1.807, 2.05) is 27.7 Å². The molecule has 3 fully saturated rings. The summed E-state index contributed by atoms with van der Waals surface area (Å²) in [6, 6.07) is 6.91. The molecule has 9 nitrogen and oxygen atoms in total. The second kappa shape index (κ2) is 8.03. The largest absolute Gasteiger partial charge is 0.453 e. The molecule has 30 heavy (non-hydrogen) atoms. The van der Waals surface area contributed by atoms with E-state index in [1.165, 1.54) is 0 Å². The van der Waals surface area contributed by atoms with Crippen LogP contribution in [0.25, 0.3) is 10.4 Å². The predicted octanol–water partition coefficient (Wildman–Crippen LogP) is 3.77. The number of azide groups is 1. The molecule has 0 N–H and O–H groups in total. The van der Waals surface area contributed by atoms with Crippen molar-refractivity contribution in [3.8, 4) is 0 Å². The topological polar surface area (TPSA) is 112 Å². The fraction of sp³-hybridized carbons (Fsp3) is 0.650. The molecule has 162 valence electrons. The van der Waals surface area contributed by atoms with Gasteiger partial charge in [-0.05, 0) is 44.9 Å². The summed E-state index contributed by atoms with van der Waals surface area (Å²) >= 11 is 1.59. The molecule has 0 saturated carbocycles. The third-order valence-corrected chi connectivity index (χ3v) is 6.60. The SMILES string of the molecule is CC1(C)OC[C@H]2S[C@@H]3OC(C)(C)O[C@@H]3[C@@H](OC(=O)c3ccccc3CN=[N+]=[N-])[C@@H]2O1. The van der Waals surface area contributed by atoms with E-state index in [9.17, 15) is 4.79 Å². The van der Waals surface area contributed by atoms with Gasteiger partial charge < -0.3 is 23.7 Å². The first-order chi connectivity index (χ1) is 14.2. The van der Waals surface area contributed by atoms with Gasteiger partial charge in [-0.3, -0.25) is 0 Å². The van der Waals surface area contributed by atoms with Gasteiger partial charge in [0.1, 0.15) is 17.6 Å². The minimum absolute atomic E-state index is 0.0599. The Morgan fingerprint density at radius 3 is 2.70 bits per heavy atom. The molecule has 5 atom stereocenters. The number of hydrogen-bond acceptors (Lipinski definition) is 8. The van der Waals surface area contributed by atoms with E-state index in [0.717, 1.165) is 0 Å². The molecule has 0 spiro atoms. The van der Waals surface area contributed by atoms with E-state index >= 15 is 0 Å². The Morgan fingerprint density at radius 1 is 1.20 bits per heavy atom. The van der Waals surface area contributed by atoms with Crippen molar-refractivity contribution in [2.45, 2.75) is 74.8 Å². The van der Waals surface area contributed by atoms with Crippen LogP contribution in [-0.4, -0.2) is 53.1 Å². The lowest BCUT2D eigenvalue weighted by Crippen LogP contribution is -2.61. The number of hydrogen-bond donors (Lipinski definition) is 0. The highest BCUT2D eigenvalue weighted by atomic mass is 32.2. The maximum Gasteiger partial charge on any atom is 0.338 e. The molecular formula is C20H25N3O6S. The first kappa shape index (κ1) is 21.4. The molecule has 0 aromatic heterocycles. The van der Waals surface area contributed by atoms with Crippen molar-refractivity contribution >= 4 is 17.7 Å². The van der Waals surface area contributed by atoms with E-state index < -0.39 is 35.9 Å². The minimum Gasteiger partial charge on any atom is -0.453 e. The number of nitrogens with zero attached hydrogens (tertiary/aromatic N) is 3. The number of carbonyl (C=O) groups excluding carboxylic acids is 1. The molecule has 0 bridgehead atoms. The summed E-state index contributed by atoms with van der Waals surface area (Å²) in [6.45, 7) is 7.87. The maximum atomic E-state index is 13.1. The average Bonchev–Trinajstić information content (AvgIpc) is 3.00. The second-order valence-electron chi connectivity index (χ2n) is 8.35. The number of fused-ring (bicyclic) bond motifs is 2. The number of ether oxygens (including phenoxy) is 5. The van der Waals surface area contributed by atoms with Crippen LogP contribution in [0, 0.1) is 0 Å². The number of benzene rings is 1. The minimum atomic E-state index is -0.798. The van der Waals surface area contributed by atoms with Gasteiger partial charge in [-0.2, -0.15) is 0 Å². The van der Waals surface area contributed by atoms with Gasteiger partial charge in [-0.15, -0.1) is 11.8 Å². The van der Waals surface area contributed by atoms with Crippen LogP contribution in [0.1, 0.15) is 43.6 Å². The molecule has 0 aliphatic carbocycles. The van der Waals surface area contributed by atoms with Gasteiger partial charge in [0.15, 0.2) is 17.7 Å². The molecule has 3 heterocycles. The Bertz CT molecular complexity index is 870. The van der Waals surface area contributed by atoms with Gasteiger partial charge in [0.25, 0.3) is 0 Å². The van der Waals surface area contributed by atoms with E-state index in [1.54, 1.807) is 36.0 Å². The van der Waals surface area contributed by atoms with Crippen LogP contribution in [0.2, 0.25) is 0 Å². The summed E-state index contributed by atoms with van der Waals surface area (Å²) in [6.07, 6.45) is -1.56. The second-order valence-corrected chi connectivity index (χ2v) is 9.69. The lowest BCUT2D eigenvalue weighted by Gasteiger charge is -2.48. The number of thioether (sulfide) groups is 1. The van der Waals surface area contributed by atoms with Crippen LogP contribution < -0.4 is 0 Å². The van der Waals surface area contributed by atoms with E-state index in [4.69, 9.17) is 29.2 Å². The van der Waals surface area contributed by atoms with Crippen LogP contribution in [0.4, 0.5) is 0 Å². The lowest BCUT2D eigenvalue weighted by atomic mass is 10.0. The van der Waals surface area contributed by atoms with Crippen LogP contribution >= 0.6 is 11.8 Å². The highest BCUT2D eigenvalue weighted by Crippen LogP contribution is 2.48. The van der Waals surface area contributed by atoms with Crippen LogP contribution in [-0.2, 0) is 30.2 Å². The Hall–Kier alpha value is -1.81. The third-order valence-electron chi connectivity index (χ3n) is 5.21. The normalized spacial score (nSPS) is 33.7. The van der Waals surface area contributed by atoms with Gasteiger partial charge >= 0.3 is 5.97 Å². The first-order valence-electron chi connectivity index (χ1n) is 9.82. The lowest BCUT2D eigenvalue weighted by molar-refractivity contribution is -0.293. The third kappa shape index (κ3) is 4.30. The summed E-state index contributed by atoms with van der Waals surface area (Å²) in [7, 11) is 0. The summed E-state index contributed by atoms with van der Waals surface area (Å²) < 4.78 is 30.1. The fourth-order valence-corrected chi connectivity index (χ4v) is 5.45. The summed E-state index contributed by atoms with van der Waals surface area (Å²) in [4.78, 5) is 15.9. The molecule has 3 aliphatic heterocycles. The summed E-state index contributed by atoms with van der Waals surface area (Å²) in [5.74, 6) is -2.11. The number of esters is 1. The van der Waals surface area contributed by atoms with E-state index in [0.29, 0.717) is 17.7 Å². The molecule has 0 radical (unpaired) electrons. The Kier molecular flexibility index (Phi) is 5.73. The van der Waals surface area contributed by atoms with E-state index in [2.05, 4.69) is 10.0 Å². The zero-order valence-electron chi connectivity index (χ0n) is 17.3. The van der Waals surface area contributed by atoms with Crippen molar-refractivity contribution in [2.75, 3.05) is 6.61 Å². The number of carbonyl (C=O) groups is 1. The number of rotatable bonds is 4. The zero-order valence-corrected chi connectivity index (χ0v) is 18.1. The highest BCUT2D eigenvalue weighted by Gasteiger charge is 2.58. The predicted molar refractivity (Wildman–Crippen MR) is 109 cm³/mol. The molecule has 3 aliphatic rings. The Morgan fingerprint density at radius 2 is 1.93 bits per heavy atom. The maximum absolute atomic E-state index is 13.1. The molecule has 0 amide bonds. The van der Waals surface area contributed by atoms with Gasteiger partial charge in [0, 0.05) is 4.91 Å². The molecule has 1 aromatic carbocycles. The van der Waals surface area contributed by atoms with Crippen molar-refractivity contribution in [3.63, 3.8) is 0 Å². The highest BCUT2D eigenvalue weighted by molar-refractivity contribution is 8.00. The zero-order chi connectivity index (χ0) is 21.5. The summed E-state index contributed by atoms with van der Waals surface area (Å²) in [5.41, 5.74) is 9.27. The molecule has 0 unspecified atom stereocenters. The summed E-state index contributed by atoms with van der Waals surface area (Å²) in [5, 5.41) is 3.51. The Labute approximate surface area is 179 Å². The standard InChI is InChI=1S/C20H25N3O6S/c1-19(2)25-10-13-14(27-19)15(16-18(30-13)29-20(3,4)28-16)26-17(24)12-8-6-5-7-11(12)9-22-23-21/h5-8,13-16,18H,9-10H2,1-4H3/t13-,14-,15+,16-,18+/m1/s1. The molecular weight excluding hydrogens is 410 g/mol. The quantitative estimate of drug-likeness (QED) is 0.306. The monoisotopic (exact) mass is 435 g/mol. The molecule has 3 saturated heterocycles. The van der Waals surface area contributed by atoms with Crippen molar-refractivity contribution in [3.05, 3.63) is 45.8 Å². The van der Waals surface area contributed by atoms with Crippen molar-refractivity contribution in [2.24, 2.45) is 5.11 Å². The average molecular weight is 436 g/mol. The Balaban J connectivity index is 1.62. The van der Waals surface area contributed by atoms with Gasteiger partial charge in [-0.25, -0.2) is 4.79 Å². The van der Waals surface area contributed by atoms with Crippen molar-refractivity contribution in [1.82, 2.24) is 0 Å². The molecule has 10 heteroatoms. The van der Waals surface area contributed by atoms with Gasteiger partial charge in [0.2, 0.25) is 0 Å². The van der Waals surface area contributed by atoms with Crippen LogP contribution in [0.15, 0.2) is 29.4 Å². The smallest absolute Gasteiger partial charge is 0.338 e. The fourth-order valence-electron chi connectivity index (χ4n) is 3.94.